The van der Waals surface area contributed by atoms with E-state index in [0.29, 0.717) is 29.6 Å². The van der Waals surface area contributed by atoms with E-state index >= 15 is 0 Å². The minimum absolute atomic E-state index is 0.143. The predicted molar refractivity (Wildman–Crippen MR) is 120 cm³/mol. The summed E-state index contributed by atoms with van der Waals surface area (Å²) in [5.74, 6) is 0.941. The summed E-state index contributed by atoms with van der Waals surface area (Å²) in [7, 11) is 1.80. The molecule has 1 aliphatic heterocycles. The van der Waals surface area contributed by atoms with Crippen LogP contribution in [0.15, 0.2) is 57.3 Å². The molecule has 0 saturated heterocycles. The van der Waals surface area contributed by atoms with Gasteiger partial charge in [0, 0.05) is 26.3 Å². The summed E-state index contributed by atoms with van der Waals surface area (Å²) in [5.41, 5.74) is 8.21. The van der Waals surface area contributed by atoms with Crippen molar-refractivity contribution >= 4 is 29.3 Å². The highest BCUT2D eigenvalue weighted by Gasteiger charge is 2.34. The second-order valence-corrected chi connectivity index (χ2v) is 8.54. The van der Waals surface area contributed by atoms with Gasteiger partial charge < -0.3 is 14.7 Å². The number of benzene rings is 1. The average Bonchev–Trinajstić information content (AvgIpc) is 3.51. The van der Waals surface area contributed by atoms with Crippen molar-refractivity contribution in [2.75, 3.05) is 5.75 Å². The number of carbonyl (C=O) groups is 2. The number of aromatic nitrogens is 3. The highest BCUT2D eigenvalue weighted by molar-refractivity contribution is 7.99. The number of hydrogen-bond donors (Lipinski definition) is 1. The monoisotopic (exact) mass is 452 g/mol. The van der Waals surface area contributed by atoms with Crippen molar-refractivity contribution in [2.24, 2.45) is 17.9 Å². The van der Waals surface area contributed by atoms with E-state index in [0.717, 1.165) is 16.8 Å². The Morgan fingerprint density at radius 3 is 2.69 bits per heavy atom. The quantitative estimate of drug-likeness (QED) is 0.525. The first-order chi connectivity index (χ1) is 15.4. The Balaban J connectivity index is 1.49. The predicted octanol–water partition coefficient (Wildman–Crippen LogP) is 2.60. The minimum atomic E-state index is -0.391. The molecule has 4 rings (SSSR count). The van der Waals surface area contributed by atoms with Crippen molar-refractivity contribution < 1.29 is 14.0 Å². The molecule has 0 fully saturated rings. The van der Waals surface area contributed by atoms with Crippen LogP contribution in [-0.4, -0.2) is 43.1 Å². The van der Waals surface area contributed by atoms with E-state index in [-0.39, 0.29) is 24.1 Å². The molecule has 0 radical (unpaired) electrons. The van der Waals surface area contributed by atoms with Gasteiger partial charge in [0.1, 0.15) is 17.6 Å². The molecule has 32 heavy (non-hydrogen) atoms. The van der Waals surface area contributed by atoms with Gasteiger partial charge in [-0.1, -0.05) is 41.6 Å². The molecule has 3 aromatic rings. The fourth-order valence-electron chi connectivity index (χ4n) is 3.48. The van der Waals surface area contributed by atoms with E-state index in [9.17, 15) is 9.59 Å². The summed E-state index contributed by atoms with van der Waals surface area (Å²) < 4.78 is 7.37. The molecular formula is C22H24N6O3S. The van der Waals surface area contributed by atoms with Crippen molar-refractivity contribution in [3.63, 3.8) is 0 Å². The third kappa shape index (κ3) is 4.75. The normalized spacial score (nSPS) is 15.8. The van der Waals surface area contributed by atoms with Crippen LogP contribution in [0.2, 0.25) is 0 Å². The molecule has 1 aliphatic rings. The van der Waals surface area contributed by atoms with Gasteiger partial charge in [0.25, 0.3) is 5.91 Å². The van der Waals surface area contributed by atoms with E-state index in [4.69, 9.17) is 10.2 Å². The number of primary amides is 1. The lowest BCUT2D eigenvalue weighted by Gasteiger charge is -2.19. The average molecular weight is 453 g/mol. The maximum atomic E-state index is 13.1. The molecule has 166 valence electrons. The summed E-state index contributed by atoms with van der Waals surface area (Å²) >= 11 is 1.28. The maximum absolute atomic E-state index is 13.1. The summed E-state index contributed by atoms with van der Waals surface area (Å²) in [6, 6.07) is 11.5. The van der Waals surface area contributed by atoms with E-state index in [1.807, 2.05) is 43.3 Å². The number of hydrogen-bond acceptors (Lipinski definition) is 7. The van der Waals surface area contributed by atoms with Crippen LogP contribution in [0.5, 0.6) is 0 Å². The number of thioether (sulfide) groups is 1. The Hall–Kier alpha value is -3.40. The molecule has 0 saturated carbocycles. The lowest BCUT2D eigenvalue weighted by Crippen LogP contribution is -2.28. The van der Waals surface area contributed by atoms with Gasteiger partial charge in [-0.05, 0) is 24.6 Å². The Kier molecular flexibility index (Phi) is 6.40. The van der Waals surface area contributed by atoms with Gasteiger partial charge in [-0.15, -0.1) is 10.2 Å². The summed E-state index contributed by atoms with van der Waals surface area (Å²) in [5, 5.41) is 15.0. The molecule has 0 unspecified atom stereocenters. The number of nitrogens with two attached hydrogens (primary N) is 1. The van der Waals surface area contributed by atoms with Gasteiger partial charge in [-0.2, -0.15) is 5.10 Å². The molecule has 9 nitrogen and oxygen atoms in total. The number of furan rings is 1. The zero-order valence-corrected chi connectivity index (χ0v) is 18.7. The molecular weight excluding hydrogens is 428 g/mol. The van der Waals surface area contributed by atoms with E-state index in [2.05, 4.69) is 15.3 Å². The van der Waals surface area contributed by atoms with Gasteiger partial charge in [0.15, 0.2) is 5.16 Å². The second kappa shape index (κ2) is 9.39. The first-order valence-corrected chi connectivity index (χ1v) is 11.2. The summed E-state index contributed by atoms with van der Waals surface area (Å²) in [4.78, 5) is 24.1. The van der Waals surface area contributed by atoms with Gasteiger partial charge in [-0.25, -0.2) is 5.01 Å². The Labute approximate surface area is 189 Å². The van der Waals surface area contributed by atoms with Crippen molar-refractivity contribution in [1.29, 1.82) is 0 Å². The molecule has 3 heterocycles. The SMILES string of the molecule is Cc1ccc(C2=NN(C(=O)CSc3nnc(CCC(N)=O)n3C)[C@H](c3ccco3)C2)cc1. The molecule has 2 aromatic heterocycles. The van der Waals surface area contributed by atoms with Crippen LogP contribution >= 0.6 is 11.8 Å². The van der Waals surface area contributed by atoms with Crippen LogP contribution in [0.3, 0.4) is 0 Å². The van der Waals surface area contributed by atoms with Gasteiger partial charge in [0.05, 0.1) is 17.7 Å². The van der Waals surface area contributed by atoms with Gasteiger partial charge in [-0.3, -0.25) is 9.59 Å². The van der Waals surface area contributed by atoms with E-state index in [1.165, 1.54) is 16.8 Å². The van der Waals surface area contributed by atoms with Crippen LogP contribution in [-0.2, 0) is 23.1 Å². The highest BCUT2D eigenvalue weighted by Crippen LogP contribution is 2.34. The molecule has 1 aromatic carbocycles. The van der Waals surface area contributed by atoms with Gasteiger partial charge in [0.2, 0.25) is 5.91 Å². The number of aryl methyl sites for hydroxylation is 2. The molecule has 2 amide bonds. The van der Waals surface area contributed by atoms with Crippen molar-refractivity contribution in [1.82, 2.24) is 19.8 Å². The lowest BCUT2D eigenvalue weighted by molar-refractivity contribution is -0.130. The smallest absolute Gasteiger partial charge is 0.253 e. The molecule has 1 atom stereocenters. The zero-order valence-electron chi connectivity index (χ0n) is 17.9. The standard InChI is InChI=1S/C22H24N6O3S/c1-14-5-7-15(8-6-14)16-12-17(18-4-3-11-31-18)28(26-16)21(30)13-32-22-25-24-20(27(22)2)10-9-19(23)29/h3-8,11,17H,9-10,12-13H2,1-2H3,(H2,23,29)/t17-/m0/s1. The third-order valence-electron chi connectivity index (χ3n) is 5.27. The Morgan fingerprint density at radius 1 is 1.22 bits per heavy atom. The lowest BCUT2D eigenvalue weighted by atomic mass is 10.0. The van der Waals surface area contributed by atoms with Crippen LogP contribution in [0.4, 0.5) is 0 Å². The van der Waals surface area contributed by atoms with E-state index in [1.54, 1.807) is 17.9 Å². The fourth-order valence-corrected chi connectivity index (χ4v) is 4.26. The number of carbonyl (C=O) groups excluding carboxylic acids is 2. The largest absolute Gasteiger partial charge is 0.467 e. The first-order valence-electron chi connectivity index (χ1n) is 10.2. The fraction of sp³-hybridized carbons (Fsp3) is 0.318. The maximum Gasteiger partial charge on any atom is 0.253 e. The topological polar surface area (TPSA) is 120 Å². The number of nitrogens with zero attached hydrogens (tertiary/aromatic N) is 5. The van der Waals surface area contributed by atoms with Crippen molar-refractivity contribution in [3.05, 3.63) is 65.4 Å². The minimum Gasteiger partial charge on any atom is -0.467 e. The van der Waals surface area contributed by atoms with Crippen LogP contribution in [0, 0.1) is 6.92 Å². The molecule has 0 spiro atoms. The number of rotatable bonds is 8. The second-order valence-electron chi connectivity index (χ2n) is 7.60. The Bertz CT molecular complexity index is 1140. The molecule has 10 heteroatoms. The zero-order chi connectivity index (χ0) is 22.7. The van der Waals surface area contributed by atoms with Crippen molar-refractivity contribution in [3.8, 4) is 0 Å². The molecule has 0 aliphatic carbocycles. The van der Waals surface area contributed by atoms with E-state index < -0.39 is 5.91 Å². The molecule has 0 bridgehead atoms. The highest BCUT2D eigenvalue weighted by atomic mass is 32.2. The third-order valence-corrected chi connectivity index (χ3v) is 6.27. The molecule has 2 N–H and O–H groups in total. The Morgan fingerprint density at radius 2 is 2.00 bits per heavy atom. The van der Waals surface area contributed by atoms with Crippen molar-refractivity contribution in [2.45, 2.75) is 37.4 Å². The van der Waals surface area contributed by atoms with Crippen LogP contribution in [0.1, 0.15) is 41.6 Å². The van der Waals surface area contributed by atoms with Crippen LogP contribution in [0.25, 0.3) is 0 Å². The summed E-state index contributed by atoms with van der Waals surface area (Å²) in [6.45, 7) is 2.03. The first kappa shape index (κ1) is 21.8. The van der Waals surface area contributed by atoms with Crippen LogP contribution < -0.4 is 5.73 Å². The number of hydrazone groups is 1. The summed E-state index contributed by atoms with van der Waals surface area (Å²) in [6.07, 6.45) is 2.78. The van der Waals surface area contributed by atoms with Gasteiger partial charge >= 0.3 is 0 Å². The number of amides is 2.